The highest BCUT2D eigenvalue weighted by Crippen LogP contribution is 2.40. The zero-order valence-corrected chi connectivity index (χ0v) is 16.6. The van der Waals surface area contributed by atoms with Gasteiger partial charge in [0, 0.05) is 5.56 Å². The molecule has 0 aliphatic carbocycles. The van der Waals surface area contributed by atoms with Crippen LogP contribution in [0.2, 0.25) is 0 Å². The number of nitrogens with one attached hydrogen (secondary N) is 1. The van der Waals surface area contributed by atoms with Crippen LogP contribution in [0, 0.1) is 5.82 Å². The van der Waals surface area contributed by atoms with E-state index in [9.17, 15) is 14.0 Å². The van der Waals surface area contributed by atoms with E-state index in [4.69, 9.17) is 26.4 Å². The molecule has 1 N–H and O–H groups in total. The van der Waals surface area contributed by atoms with Gasteiger partial charge in [-0.3, -0.25) is 19.8 Å². The van der Waals surface area contributed by atoms with Gasteiger partial charge in [-0.05, 0) is 48.6 Å². The molecule has 0 spiro atoms. The first kappa shape index (κ1) is 20.3. The van der Waals surface area contributed by atoms with Crippen molar-refractivity contribution >= 4 is 40.9 Å². The Kier molecular flexibility index (Phi) is 5.79. The molecule has 7 nitrogen and oxygen atoms in total. The molecule has 29 heavy (non-hydrogen) atoms. The number of benzene rings is 2. The van der Waals surface area contributed by atoms with Crippen LogP contribution in [0.4, 0.5) is 10.1 Å². The van der Waals surface area contributed by atoms with E-state index >= 15 is 0 Å². The van der Waals surface area contributed by atoms with Crippen LogP contribution >= 0.6 is 12.2 Å². The van der Waals surface area contributed by atoms with Crippen molar-refractivity contribution in [1.29, 1.82) is 0 Å². The number of carbonyl (C=O) groups is 2. The Labute approximate surface area is 171 Å². The van der Waals surface area contributed by atoms with E-state index in [1.54, 1.807) is 12.1 Å². The van der Waals surface area contributed by atoms with Gasteiger partial charge in [-0.15, -0.1) is 0 Å². The molecular weight excluding hydrogens is 399 g/mol. The lowest BCUT2D eigenvalue weighted by Crippen LogP contribution is -2.54. The van der Waals surface area contributed by atoms with Crippen LogP contribution in [0.1, 0.15) is 5.56 Å². The molecule has 1 aliphatic rings. The van der Waals surface area contributed by atoms with E-state index in [0.29, 0.717) is 17.1 Å². The van der Waals surface area contributed by atoms with Crippen molar-refractivity contribution < 1.29 is 28.2 Å². The van der Waals surface area contributed by atoms with E-state index < -0.39 is 17.6 Å². The molecule has 0 bridgehead atoms. The van der Waals surface area contributed by atoms with Crippen LogP contribution in [0.3, 0.4) is 0 Å². The first-order valence-corrected chi connectivity index (χ1v) is 8.78. The third-order valence-corrected chi connectivity index (χ3v) is 4.49. The summed E-state index contributed by atoms with van der Waals surface area (Å²) in [6.45, 7) is 0. The zero-order chi connectivity index (χ0) is 21.1. The second-order valence-corrected chi connectivity index (χ2v) is 6.25. The summed E-state index contributed by atoms with van der Waals surface area (Å²) < 4.78 is 29.6. The molecule has 1 aliphatic heterocycles. The van der Waals surface area contributed by atoms with Crippen molar-refractivity contribution in [3.63, 3.8) is 0 Å². The quantitative estimate of drug-likeness (QED) is 0.459. The van der Waals surface area contributed by atoms with Gasteiger partial charge in [0.2, 0.25) is 5.75 Å². The predicted octanol–water partition coefficient (Wildman–Crippen LogP) is 2.68. The standard InChI is InChI=1S/C20H17FN2O5S/c1-26-15-8-7-11(16(27-2)17(15)28-3)9-14-18(24)22-20(29)23(19(14)25)13-6-4-5-12(21)10-13/h4-10H,1-3H3,(H,22,24,29)/b14-9+. The summed E-state index contributed by atoms with van der Waals surface area (Å²) >= 11 is 5.11. The van der Waals surface area contributed by atoms with Crippen LogP contribution < -0.4 is 24.4 Å². The molecule has 1 fully saturated rings. The fourth-order valence-electron chi connectivity index (χ4n) is 2.90. The zero-order valence-electron chi connectivity index (χ0n) is 15.8. The minimum Gasteiger partial charge on any atom is -0.493 e. The lowest BCUT2D eigenvalue weighted by Gasteiger charge is -2.29. The maximum Gasteiger partial charge on any atom is 0.270 e. The maximum atomic E-state index is 13.6. The van der Waals surface area contributed by atoms with Crippen molar-refractivity contribution in [1.82, 2.24) is 5.32 Å². The van der Waals surface area contributed by atoms with Gasteiger partial charge in [-0.1, -0.05) is 6.07 Å². The molecule has 0 atom stereocenters. The fraction of sp³-hybridized carbons (Fsp3) is 0.150. The number of methoxy groups -OCH3 is 3. The average molecular weight is 416 g/mol. The van der Waals surface area contributed by atoms with Crippen molar-refractivity contribution in [3.05, 3.63) is 53.4 Å². The molecule has 3 rings (SSSR count). The van der Waals surface area contributed by atoms with E-state index in [1.807, 2.05) is 0 Å². The minimum absolute atomic E-state index is 0.137. The molecule has 2 aromatic rings. The van der Waals surface area contributed by atoms with Crippen LogP contribution in [-0.4, -0.2) is 38.3 Å². The van der Waals surface area contributed by atoms with Crippen molar-refractivity contribution in [2.24, 2.45) is 0 Å². The number of hydrogen-bond donors (Lipinski definition) is 1. The Morgan fingerprint density at radius 3 is 2.38 bits per heavy atom. The number of carbonyl (C=O) groups excluding carboxylic acids is 2. The van der Waals surface area contributed by atoms with Gasteiger partial charge in [0.05, 0.1) is 27.0 Å². The third kappa shape index (κ3) is 3.77. The lowest BCUT2D eigenvalue weighted by molar-refractivity contribution is -0.122. The second-order valence-electron chi connectivity index (χ2n) is 5.86. The monoisotopic (exact) mass is 416 g/mol. The van der Waals surface area contributed by atoms with Crippen LogP contribution in [0.25, 0.3) is 6.08 Å². The SMILES string of the molecule is COc1ccc(/C=C2\C(=O)NC(=S)N(c3cccc(F)c3)C2=O)c(OC)c1OC. The van der Waals surface area contributed by atoms with Gasteiger partial charge in [-0.25, -0.2) is 4.39 Å². The molecule has 2 amide bonds. The summed E-state index contributed by atoms with van der Waals surface area (Å²) in [5.41, 5.74) is 0.411. The molecule has 0 unspecified atom stereocenters. The van der Waals surface area contributed by atoms with Crippen molar-refractivity contribution in [2.75, 3.05) is 26.2 Å². The summed E-state index contributed by atoms with van der Waals surface area (Å²) in [5, 5.41) is 2.31. The molecular formula is C20H17FN2O5S. The normalized spacial score (nSPS) is 15.4. The van der Waals surface area contributed by atoms with Crippen LogP contribution in [0.5, 0.6) is 17.2 Å². The number of hydrogen-bond acceptors (Lipinski definition) is 6. The van der Waals surface area contributed by atoms with E-state index in [2.05, 4.69) is 5.32 Å². The summed E-state index contributed by atoms with van der Waals surface area (Å²) in [7, 11) is 4.35. The Morgan fingerprint density at radius 2 is 1.76 bits per heavy atom. The average Bonchev–Trinajstić information content (AvgIpc) is 2.70. The lowest BCUT2D eigenvalue weighted by atomic mass is 10.1. The van der Waals surface area contributed by atoms with Gasteiger partial charge in [0.1, 0.15) is 11.4 Å². The maximum absolute atomic E-state index is 13.6. The molecule has 150 valence electrons. The Bertz CT molecular complexity index is 1040. The highest BCUT2D eigenvalue weighted by atomic mass is 32.1. The first-order chi connectivity index (χ1) is 13.9. The number of rotatable bonds is 5. The molecule has 0 saturated carbocycles. The molecule has 1 saturated heterocycles. The minimum atomic E-state index is -0.693. The third-order valence-electron chi connectivity index (χ3n) is 4.20. The number of halogens is 1. The van der Waals surface area contributed by atoms with Gasteiger partial charge in [0.25, 0.3) is 11.8 Å². The van der Waals surface area contributed by atoms with Crippen LogP contribution in [0.15, 0.2) is 42.0 Å². The number of ether oxygens (including phenoxy) is 3. The Morgan fingerprint density at radius 1 is 1.03 bits per heavy atom. The van der Waals surface area contributed by atoms with Crippen molar-refractivity contribution in [3.8, 4) is 17.2 Å². The molecule has 1 heterocycles. The van der Waals surface area contributed by atoms with Gasteiger partial charge in [0.15, 0.2) is 16.6 Å². The highest BCUT2D eigenvalue weighted by Gasteiger charge is 2.35. The van der Waals surface area contributed by atoms with Gasteiger partial charge >= 0.3 is 0 Å². The number of thiocarbonyl (C=S) groups is 1. The fourth-order valence-corrected chi connectivity index (χ4v) is 3.18. The summed E-state index contributed by atoms with van der Waals surface area (Å²) in [4.78, 5) is 26.5. The smallest absolute Gasteiger partial charge is 0.270 e. The highest BCUT2D eigenvalue weighted by molar-refractivity contribution is 7.80. The topological polar surface area (TPSA) is 77.1 Å². The van der Waals surface area contributed by atoms with E-state index in [-0.39, 0.29) is 22.1 Å². The number of amides is 2. The van der Waals surface area contributed by atoms with Gasteiger partial charge in [-0.2, -0.15) is 0 Å². The molecule has 0 aromatic heterocycles. The second kappa shape index (κ2) is 8.27. The number of anilines is 1. The summed E-state index contributed by atoms with van der Waals surface area (Å²) in [6, 6.07) is 8.58. The molecule has 2 aromatic carbocycles. The first-order valence-electron chi connectivity index (χ1n) is 8.37. The summed E-state index contributed by atoms with van der Waals surface area (Å²) in [6.07, 6.45) is 1.35. The van der Waals surface area contributed by atoms with E-state index in [0.717, 1.165) is 11.0 Å². The van der Waals surface area contributed by atoms with Crippen LogP contribution in [-0.2, 0) is 9.59 Å². The van der Waals surface area contributed by atoms with E-state index in [1.165, 1.54) is 45.6 Å². The summed E-state index contributed by atoms with van der Waals surface area (Å²) in [5.74, 6) is -0.891. The molecule has 0 radical (unpaired) electrons. The largest absolute Gasteiger partial charge is 0.493 e. The number of nitrogens with zero attached hydrogens (tertiary/aromatic N) is 1. The Hall–Kier alpha value is -3.46. The molecule has 9 heteroatoms. The predicted molar refractivity (Wildman–Crippen MR) is 109 cm³/mol. The van der Waals surface area contributed by atoms with Gasteiger partial charge < -0.3 is 14.2 Å². The Balaban J connectivity index is 2.10. The van der Waals surface area contributed by atoms with Crippen molar-refractivity contribution in [2.45, 2.75) is 0 Å².